The lowest BCUT2D eigenvalue weighted by Crippen LogP contribution is -2.10. The van der Waals surface area contributed by atoms with E-state index in [1.165, 1.54) is 6.07 Å². The average molecular weight is 281 g/mol. The first-order valence-corrected chi connectivity index (χ1v) is 6.06. The fourth-order valence-electron chi connectivity index (χ4n) is 1.51. The van der Waals surface area contributed by atoms with Crippen LogP contribution in [-0.4, -0.2) is 5.97 Å². The van der Waals surface area contributed by atoms with Crippen molar-refractivity contribution in [1.29, 1.82) is 0 Å². The molecule has 0 unspecified atom stereocenters. The lowest BCUT2D eigenvalue weighted by Gasteiger charge is -2.08. The van der Waals surface area contributed by atoms with Crippen molar-refractivity contribution in [2.75, 3.05) is 0 Å². The molecule has 0 amide bonds. The Morgan fingerprint density at radius 1 is 1.11 bits per heavy atom. The van der Waals surface area contributed by atoms with E-state index in [-0.39, 0.29) is 0 Å². The Morgan fingerprint density at radius 3 is 2.50 bits per heavy atom. The minimum Gasteiger partial charge on any atom is -0.421 e. The molecule has 0 saturated heterocycles. The van der Waals surface area contributed by atoms with Gasteiger partial charge in [0, 0.05) is 5.02 Å². The van der Waals surface area contributed by atoms with Gasteiger partial charge in [0.2, 0.25) is 0 Å². The van der Waals surface area contributed by atoms with Crippen molar-refractivity contribution in [2.24, 2.45) is 0 Å². The van der Waals surface area contributed by atoms with Crippen LogP contribution >= 0.6 is 23.2 Å². The summed E-state index contributed by atoms with van der Waals surface area (Å²) in [7, 11) is 0. The SMILES string of the molecule is Cc1ccccc1C(=O)Oc1ccc(Cl)cc1Cl. The van der Waals surface area contributed by atoms with Gasteiger partial charge in [0.1, 0.15) is 5.75 Å². The number of hydrogen-bond acceptors (Lipinski definition) is 2. The number of halogens is 2. The Hall–Kier alpha value is -1.51. The molecule has 2 rings (SSSR count). The minimum absolute atomic E-state index is 0.300. The van der Waals surface area contributed by atoms with Gasteiger partial charge in [0.15, 0.2) is 0 Å². The fraction of sp³-hybridized carbons (Fsp3) is 0.0714. The molecule has 0 atom stereocenters. The molecule has 0 radical (unpaired) electrons. The molecular weight excluding hydrogens is 271 g/mol. The lowest BCUT2D eigenvalue weighted by atomic mass is 10.1. The molecule has 0 saturated carbocycles. The zero-order valence-corrected chi connectivity index (χ0v) is 11.1. The number of aryl methyl sites for hydroxylation is 1. The first kappa shape index (κ1) is 12.9. The monoisotopic (exact) mass is 280 g/mol. The number of carbonyl (C=O) groups excluding carboxylic acids is 1. The summed E-state index contributed by atoms with van der Waals surface area (Å²) in [6.45, 7) is 1.85. The van der Waals surface area contributed by atoms with E-state index in [0.29, 0.717) is 21.4 Å². The number of rotatable bonds is 2. The van der Waals surface area contributed by atoms with Crippen LogP contribution < -0.4 is 4.74 Å². The van der Waals surface area contributed by atoms with E-state index in [9.17, 15) is 4.79 Å². The molecule has 0 aliphatic heterocycles. The van der Waals surface area contributed by atoms with Gasteiger partial charge in [-0.15, -0.1) is 0 Å². The van der Waals surface area contributed by atoms with Crippen molar-refractivity contribution in [1.82, 2.24) is 0 Å². The van der Waals surface area contributed by atoms with Crippen LogP contribution in [0.3, 0.4) is 0 Å². The van der Waals surface area contributed by atoms with Crippen LogP contribution in [0.25, 0.3) is 0 Å². The molecule has 0 spiro atoms. The summed E-state index contributed by atoms with van der Waals surface area (Å²) in [6.07, 6.45) is 0. The molecule has 0 bridgehead atoms. The molecule has 0 aromatic heterocycles. The van der Waals surface area contributed by atoms with Crippen LogP contribution in [0, 0.1) is 6.92 Å². The highest BCUT2D eigenvalue weighted by atomic mass is 35.5. The molecule has 18 heavy (non-hydrogen) atoms. The number of hydrogen-bond donors (Lipinski definition) is 0. The molecule has 2 aromatic rings. The third kappa shape index (κ3) is 2.84. The predicted octanol–water partition coefficient (Wildman–Crippen LogP) is 4.52. The van der Waals surface area contributed by atoms with Gasteiger partial charge >= 0.3 is 5.97 Å². The second-order valence-electron chi connectivity index (χ2n) is 3.78. The van der Waals surface area contributed by atoms with E-state index >= 15 is 0 Å². The number of esters is 1. The highest BCUT2D eigenvalue weighted by Crippen LogP contribution is 2.28. The summed E-state index contributed by atoms with van der Waals surface area (Å²) in [5.41, 5.74) is 1.37. The maximum atomic E-state index is 12.0. The van der Waals surface area contributed by atoms with Gasteiger partial charge in [-0.2, -0.15) is 0 Å². The van der Waals surface area contributed by atoms with Crippen molar-refractivity contribution in [3.05, 3.63) is 63.6 Å². The van der Waals surface area contributed by atoms with E-state index in [1.54, 1.807) is 24.3 Å². The average Bonchev–Trinajstić information content (AvgIpc) is 2.33. The molecule has 92 valence electrons. The largest absolute Gasteiger partial charge is 0.421 e. The Balaban J connectivity index is 2.24. The van der Waals surface area contributed by atoms with Gasteiger partial charge in [-0.25, -0.2) is 4.79 Å². The van der Waals surface area contributed by atoms with Crippen LogP contribution in [0.15, 0.2) is 42.5 Å². The summed E-state index contributed by atoms with van der Waals surface area (Å²) < 4.78 is 5.24. The topological polar surface area (TPSA) is 26.3 Å². The molecule has 2 aromatic carbocycles. The first-order valence-electron chi connectivity index (χ1n) is 5.31. The standard InChI is InChI=1S/C14H10Cl2O2/c1-9-4-2-3-5-11(9)14(17)18-13-7-6-10(15)8-12(13)16/h2-8H,1H3. The van der Waals surface area contributed by atoms with Gasteiger partial charge in [0.05, 0.1) is 10.6 Å². The highest BCUT2D eigenvalue weighted by molar-refractivity contribution is 6.35. The van der Waals surface area contributed by atoms with Gasteiger partial charge in [0.25, 0.3) is 0 Å². The quantitative estimate of drug-likeness (QED) is 0.597. The Morgan fingerprint density at radius 2 is 1.83 bits per heavy atom. The number of carbonyl (C=O) groups is 1. The van der Waals surface area contributed by atoms with Crippen molar-refractivity contribution in [3.8, 4) is 5.75 Å². The van der Waals surface area contributed by atoms with E-state index in [2.05, 4.69) is 0 Å². The highest BCUT2D eigenvalue weighted by Gasteiger charge is 2.12. The van der Waals surface area contributed by atoms with Crippen molar-refractivity contribution in [2.45, 2.75) is 6.92 Å². The maximum absolute atomic E-state index is 12.0. The zero-order chi connectivity index (χ0) is 13.1. The summed E-state index contributed by atoms with van der Waals surface area (Å²) >= 11 is 11.7. The van der Waals surface area contributed by atoms with E-state index < -0.39 is 5.97 Å². The van der Waals surface area contributed by atoms with Crippen molar-refractivity contribution in [3.63, 3.8) is 0 Å². The maximum Gasteiger partial charge on any atom is 0.343 e. The van der Waals surface area contributed by atoms with Gasteiger partial charge in [-0.3, -0.25) is 0 Å². The zero-order valence-electron chi connectivity index (χ0n) is 9.61. The van der Waals surface area contributed by atoms with E-state index in [1.807, 2.05) is 19.1 Å². The molecule has 0 fully saturated rings. The summed E-state index contributed by atoms with van der Waals surface area (Å²) in [5.74, 6) is -0.133. The third-order valence-corrected chi connectivity index (χ3v) is 2.99. The van der Waals surface area contributed by atoms with Crippen LogP contribution in [0.5, 0.6) is 5.75 Å². The molecule has 4 heteroatoms. The Kier molecular flexibility index (Phi) is 3.90. The molecule has 0 heterocycles. The summed E-state index contributed by atoms with van der Waals surface area (Å²) in [5, 5.41) is 0.806. The molecular formula is C14H10Cl2O2. The molecule has 0 N–H and O–H groups in total. The second kappa shape index (κ2) is 5.42. The molecule has 0 aliphatic rings. The van der Waals surface area contributed by atoms with Crippen molar-refractivity contribution < 1.29 is 9.53 Å². The van der Waals surface area contributed by atoms with Crippen LogP contribution in [0.4, 0.5) is 0 Å². The molecule has 2 nitrogen and oxygen atoms in total. The predicted molar refractivity (Wildman–Crippen MR) is 72.6 cm³/mol. The normalized spacial score (nSPS) is 10.2. The van der Waals surface area contributed by atoms with Crippen LogP contribution in [-0.2, 0) is 0 Å². The second-order valence-corrected chi connectivity index (χ2v) is 4.62. The van der Waals surface area contributed by atoms with Crippen molar-refractivity contribution >= 4 is 29.2 Å². The number of benzene rings is 2. The Bertz CT molecular complexity index is 594. The minimum atomic E-state index is -0.433. The van der Waals surface area contributed by atoms with E-state index in [0.717, 1.165) is 5.56 Å². The fourth-order valence-corrected chi connectivity index (χ4v) is 1.96. The smallest absolute Gasteiger partial charge is 0.343 e. The Labute approximate surface area is 115 Å². The lowest BCUT2D eigenvalue weighted by molar-refractivity contribution is 0.0734. The van der Waals surface area contributed by atoms with Gasteiger partial charge in [-0.05, 0) is 36.8 Å². The summed E-state index contributed by atoms with van der Waals surface area (Å²) in [4.78, 5) is 12.0. The first-order chi connectivity index (χ1) is 8.58. The third-order valence-electron chi connectivity index (χ3n) is 2.46. The molecule has 0 aliphatic carbocycles. The number of ether oxygens (including phenoxy) is 1. The van der Waals surface area contributed by atoms with Gasteiger partial charge in [-0.1, -0.05) is 41.4 Å². The van der Waals surface area contributed by atoms with Crippen LogP contribution in [0.2, 0.25) is 10.0 Å². The van der Waals surface area contributed by atoms with Crippen LogP contribution in [0.1, 0.15) is 15.9 Å². The van der Waals surface area contributed by atoms with Gasteiger partial charge < -0.3 is 4.74 Å². The summed E-state index contributed by atoms with van der Waals surface area (Å²) in [6, 6.07) is 11.9. The van der Waals surface area contributed by atoms with E-state index in [4.69, 9.17) is 27.9 Å².